The van der Waals surface area contributed by atoms with Crippen LogP contribution in [0.3, 0.4) is 0 Å². The molecular weight excluding hydrogens is 424 g/mol. The molecule has 0 spiro atoms. The van der Waals surface area contributed by atoms with Crippen molar-refractivity contribution in [1.82, 2.24) is 20.0 Å². The van der Waals surface area contributed by atoms with Gasteiger partial charge in [-0.1, -0.05) is 25.3 Å². The van der Waals surface area contributed by atoms with Crippen LogP contribution in [0.2, 0.25) is 0 Å². The lowest BCUT2D eigenvalue weighted by Crippen LogP contribution is -2.53. The van der Waals surface area contributed by atoms with Gasteiger partial charge in [0.25, 0.3) is 5.91 Å². The number of methoxy groups -OCH3 is 1. The van der Waals surface area contributed by atoms with Crippen LogP contribution < -0.4 is 5.32 Å². The largest absolute Gasteiger partial charge is 0.383 e. The number of nitrogens with one attached hydrogen (secondary N) is 1. The Morgan fingerprint density at radius 3 is 2.69 bits per heavy atom. The number of rotatable bonds is 8. The highest BCUT2D eigenvalue weighted by atomic mass is 32.1. The molecule has 2 atom stereocenters. The molecule has 178 valence electrons. The van der Waals surface area contributed by atoms with Crippen LogP contribution >= 0.6 is 11.3 Å². The highest BCUT2D eigenvalue weighted by molar-refractivity contribution is 7.12. The Morgan fingerprint density at radius 1 is 1.22 bits per heavy atom. The summed E-state index contributed by atoms with van der Waals surface area (Å²) in [7, 11) is 1.75. The number of carbonyl (C=O) groups is 2. The Morgan fingerprint density at radius 2 is 2.00 bits per heavy atom. The molecule has 7 nitrogen and oxygen atoms in total. The Kier molecular flexibility index (Phi) is 8.57. The molecule has 1 N–H and O–H groups in total. The first-order valence-electron chi connectivity index (χ1n) is 12.2. The highest BCUT2D eigenvalue weighted by Gasteiger charge is 2.44. The number of likely N-dealkylation sites (tertiary alicyclic amines) is 1. The van der Waals surface area contributed by atoms with E-state index >= 15 is 0 Å². The maximum atomic E-state index is 13.5. The molecule has 4 rings (SSSR count). The minimum atomic E-state index is -0.371. The second-order valence-corrected chi connectivity index (χ2v) is 10.4. The standard InChI is InChI=1S/C24H38N4O3S/c1-31-14-13-27(17-19-6-3-2-4-7-19)20-16-21(23(29)26-11-9-25-10-12-26)28(18-20)24(30)22-8-5-15-32-22/h5,8,15,19-21,25H,2-4,6-7,9-14,16-18H2,1H3. The molecule has 0 aromatic carbocycles. The van der Waals surface area contributed by atoms with Crippen molar-refractivity contribution in [3.05, 3.63) is 22.4 Å². The minimum Gasteiger partial charge on any atom is -0.383 e. The third-order valence-corrected chi connectivity index (χ3v) is 8.16. The van der Waals surface area contributed by atoms with Gasteiger partial charge in [0.05, 0.1) is 11.5 Å². The average molecular weight is 463 g/mol. The molecule has 3 fully saturated rings. The van der Waals surface area contributed by atoms with Gasteiger partial charge in [0.15, 0.2) is 0 Å². The maximum absolute atomic E-state index is 13.5. The summed E-state index contributed by atoms with van der Waals surface area (Å²) in [5, 5.41) is 5.25. The molecule has 1 aromatic rings. The molecule has 0 bridgehead atoms. The number of carbonyl (C=O) groups excluding carboxylic acids is 2. The summed E-state index contributed by atoms with van der Waals surface area (Å²) < 4.78 is 5.42. The van der Waals surface area contributed by atoms with Crippen molar-refractivity contribution in [3.8, 4) is 0 Å². The fourth-order valence-electron chi connectivity index (χ4n) is 5.51. The van der Waals surface area contributed by atoms with Crippen molar-refractivity contribution in [3.63, 3.8) is 0 Å². The first kappa shape index (κ1) is 23.7. The highest BCUT2D eigenvalue weighted by Crippen LogP contribution is 2.30. The lowest BCUT2D eigenvalue weighted by molar-refractivity contribution is -0.135. The Labute approximate surface area is 196 Å². The van der Waals surface area contributed by atoms with Crippen molar-refractivity contribution >= 4 is 23.2 Å². The molecule has 0 radical (unpaired) electrons. The molecule has 8 heteroatoms. The van der Waals surface area contributed by atoms with Crippen LogP contribution in [0, 0.1) is 5.92 Å². The summed E-state index contributed by atoms with van der Waals surface area (Å²) in [5.41, 5.74) is 0. The third kappa shape index (κ3) is 5.71. The Balaban J connectivity index is 1.51. The zero-order valence-electron chi connectivity index (χ0n) is 19.3. The number of thiophene rings is 1. The third-order valence-electron chi connectivity index (χ3n) is 7.30. The monoisotopic (exact) mass is 462 g/mol. The molecule has 1 aromatic heterocycles. The lowest BCUT2D eigenvalue weighted by atomic mass is 9.88. The van der Waals surface area contributed by atoms with Gasteiger partial charge >= 0.3 is 0 Å². The number of nitrogens with zero attached hydrogens (tertiary/aromatic N) is 3. The smallest absolute Gasteiger partial charge is 0.264 e. The van der Waals surface area contributed by atoms with Gasteiger partial charge in [-0.25, -0.2) is 0 Å². The van der Waals surface area contributed by atoms with Crippen LogP contribution in [0.5, 0.6) is 0 Å². The van der Waals surface area contributed by atoms with Crippen molar-refractivity contribution < 1.29 is 14.3 Å². The minimum absolute atomic E-state index is 0.000317. The van der Waals surface area contributed by atoms with Crippen molar-refractivity contribution in [1.29, 1.82) is 0 Å². The summed E-state index contributed by atoms with van der Waals surface area (Å²) in [6.07, 6.45) is 7.29. The normalized spacial score (nSPS) is 24.9. The molecule has 3 aliphatic rings. The Hall–Kier alpha value is -1.48. The van der Waals surface area contributed by atoms with Gasteiger partial charge in [0.1, 0.15) is 6.04 Å². The van der Waals surface area contributed by atoms with Crippen LogP contribution in [0.4, 0.5) is 0 Å². The summed E-state index contributed by atoms with van der Waals surface area (Å²) in [6.45, 7) is 6.28. The van der Waals surface area contributed by atoms with E-state index in [4.69, 9.17) is 4.74 Å². The zero-order valence-corrected chi connectivity index (χ0v) is 20.2. The maximum Gasteiger partial charge on any atom is 0.264 e. The first-order valence-corrected chi connectivity index (χ1v) is 13.1. The second kappa shape index (κ2) is 11.6. The van der Waals surface area contributed by atoms with Crippen LogP contribution in [-0.2, 0) is 9.53 Å². The van der Waals surface area contributed by atoms with E-state index in [1.165, 1.54) is 43.4 Å². The van der Waals surface area contributed by atoms with Gasteiger partial charge in [-0.3, -0.25) is 14.5 Å². The summed E-state index contributed by atoms with van der Waals surface area (Å²) in [4.78, 5) is 34.0. The quantitative estimate of drug-likeness (QED) is 0.642. The van der Waals surface area contributed by atoms with Crippen LogP contribution in [0.15, 0.2) is 17.5 Å². The molecule has 2 saturated heterocycles. The SMILES string of the molecule is COCCN(CC1CCCCC1)C1CC(C(=O)N2CCNCC2)N(C(=O)c2cccs2)C1. The van der Waals surface area contributed by atoms with Crippen LogP contribution in [-0.4, -0.2) is 98.1 Å². The number of hydrogen-bond acceptors (Lipinski definition) is 6. The molecule has 32 heavy (non-hydrogen) atoms. The molecule has 2 amide bonds. The summed E-state index contributed by atoms with van der Waals surface area (Å²) in [6, 6.07) is 3.61. The predicted molar refractivity (Wildman–Crippen MR) is 127 cm³/mol. The number of ether oxygens (including phenoxy) is 1. The van der Waals surface area contributed by atoms with E-state index in [9.17, 15) is 9.59 Å². The summed E-state index contributed by atoms with van der Waals surface area (Å²) >= 11 is 1.46. The average Bonchev–Trinajstić information content (AvgIpc) is 3.53. The van der Waals surface area contributed by atoms with Crippen molar-refractivity contribution in [2.24, 2.45) is 5.92 Å². The zero-order chi connectivity index (χ0) is 22.3. The molecule has 3 heterocycles. The fourth-order valence-corrected chi connectivity index (χ4v) is 6.19. The van der Waals surface area contributed by atoms with Gasteiger partial charge < -0.3 is 19.9 Å². The molecular formula is C24H38N4O3S. The molecule has 1 aliphatic carbocycles. The van der Waals surface area contributed by atoms with Crippen molar-refractivity contribution in [2.75, 3.05) is 59.5 Å². The molecule has 1 saturated carbocycles. The van der Waals surface area contributed by atoms with E-state index in [0.29, 0.717) is 19.1 Å². The van der Waals surface area contributed by atoms with E-state index in [2.05, 4.69) is 10.2 Å². The number of amides is 2. The predicted octanol–water partition coefficient (Wildman–Crippen LogP) is 2.29. The van der Waals surface area contributed by atoms with E-state index in [1.54, 1.807) is 7.11 Å². The van der Waals surface area contributed by atoms with E-state index < -0.39 is 0 Å². The lowest BCUT2D eigenvalue weighted by Gasteiger charge is -2.33. The Bertz CT molecular complexity index is 732. The van der Waals surface area contributed by atoms with E-state index in [-0.39, 0.29) is 23.9 Å². The van der Waals surface area contributed by atoms with Gasteiger partial charge in [-0.05, 0) is 36.6 Å². The van der Waals surface area contributed by atoms with E-state index in [0.717, 1.165) is 50.6 Å². The topological polar surface area (TPSA) is 65.1 Å². The van der Waals surface area contributed by atoms with Gasteiger partial charge in [-0.2, -0.15) is 0 Å². The van der Waals surface area contributed by atoms with Gasteiger partial charge in [0.2, 0.25) is 5.91 Å². The number of hydrogen-bond donors (Lipinski definition) is 1. The second-order valence-electron chi connectivity index (χ2n) is 9.41. The van der Waals surface area contributed by atoms with Crippen LogP contribution in [0.25, 0.3) is 0 Å². The summed E-state index contributed by atoms with van der Waals surface area (Å²) in [5.74, 6) is 0.827. The van der Waals surface area contributed by atoms with Gasteiger partial charge in [-0.15, -0.1) is 11.3 Å². The van der Waals surface area contributed by atoms with Crippen LogP contribution in [0.1, 0.15) is 48.2 Å². The van der Waals surface area contributed by atoms with Gasteiger partial charge in [0, 0.05) is 59.0 Å². The molecule has 2 unspecified atom stereocenters. The molecule has 2 aliphatic heterocycles. The van der Waals surface area contributed by atoms with Crippen molar-refractivity contribution in [2.45, 2.75) is 50.6 Å². The fraction of sp³-hybridized carbons (Fsp3) is 0.750. The first-order chi connectivity index (χ1) is 15.7. The van der Waals surface area contributed by atoms with E-state index in [1.807, 2.05) is 27.3 Å². The number of piperazine rings is 1.